The Morgan fingerprint density at radius 2 is 1.90 bits per heavy atom. The molecule has 0 aromatic heterocycles. The summed E-state index contributed by atoms with van der Waals surface area (Å²) in [7, 11) is 2.05. The third kappa shape index (κ3) is 5.49. The highest BCUT2D eigenvalue weighted by atomic mass is 19.1. The molecule has 0 saturated carbocycles. The van der Waals surface area contributed by atoms with Gasteiger partial charge in [-0.2, -0.15) is 0 Å². The van der Waals surface area contributed by atoms with Gasteiger partial charge >= 0.3 is 0 Å². The summed E-state index contributed by atoms with van der Waals surface area (Å²) in [5.74, 6) is 0.492. The van der Waals surface area contributed by atoms with Crippen molar-refractivity contribution in [3.05, 3.63) is 29.6 Å². The average Bonchev–Trinajstić information content (AvgIpc) is 2.36. The Hall–Kier alpha value is -1.09. The Kier molecular flexibility index (Phi) is 7.00. The van der Waals surface area contributed by atoms with Crippen molar-refractivity contribution >= 4 is 5.69 Å². The molecule has 1 unspecified atom stereocenters. The summed E-state index contributed by atoms with van der Waals surface area (Å²) in [6.07, 6.45) is 2.20. The Bertz CT molecular complexity index is 404. The highest BCUT2D eigenvalue weighted by molar-refractivity contribution is 5.49. The van der Waals surface area contributed by atoms with Crippen LogP contribution in [0.15, 0.2) is 18.2 Å². The molecule has 3 heteroatoms. The van der Waals surface area contributed by atoms with Crippen molar-refractivity contribution < 1.29 is 4.39 Å². The van der Waals surface area contributed by atoms with E-state index < -0.39 is 0 Å². The molecule has 0 aliphatic carbocycles. The summed E-state index contributed by atoms with van der Waals surface area (Å²) >= 11 is 0. The molecule has 0 aliphatic heterocycles. The molecule has 0 aliphatic rings. The number of hydrogen-bond acceptors (Lipinski definition) is 2. The fourth-order valence-corrected chi connectivity index (χ4v) is 2.44. The first kappa shape index (κ1) is 17.0. The van der Waals surface area contributed by atoms with Crippen LogP contribution in [0.25, 0.3) is 0 Å². The molecule has 1 aromatic rings. The summed E-state index contributed by atoms with van der Waals surface area (Å²) in [5, 5.41) is 3.32. The maximum absolute atomic E-state index is 13.8. The summed E-state index contributed by atoms with van der Waals surface area (Å²) in [6.45, 7) is 10.5. The molecule has 0 saturated heterocycles. The van der Waals surface area contributed by atoms with E-state index in [1.165, 1.54) is 0 Å². The fraction of sp³-hybridized carbons (Fsp3) is 0.647. The SMILES string of the molecule is CCCNCc1cc(F)cc(N(C)C(C)CC(C)C)c1. The number of nitrogens with zero attached hydrogens (tertiary/aromatic N) is 1. The quantitative estimate of drug-likeness (QED) is 0.718. The highest BCUT2D eigenvalue weighted by Gasteiger charge is 2.13. The highest BCUT2D eigenvalue weighted by Crippen LogP contribution is 2.22. The average molecular weight is 280 g/mol. The van der Waals surface area contributed by atoms with Crippen LogP contribution < -0.4 is 10.2 Å². The molecular weight excluding hydrogens is 251 g/mol. The van der Waals surface area contributed by atoms with E-state index in [2.05, 4.69) is 44.0 Å². The molecule has 2 nitrogen and oxygen atoms in total. The van der Waals surface area contributed by atoms with Crippen LogP contribution in [0.1, 0.15) is 46.1 Å². The molecule has 0 spiro atoms. The van der Waals surface area contributed by atoms with E-state index in [0.29, 0.717) is 12.0 Å². The van der Waals surface area contributed by atoms with Crippen LogP contribution in [-0.2, 0) is 6.54 Å². The van der Waals surface area contributed by atoms with Crippen LogP contribution in [0, 0.1) is 11.7 Å². The molecule has 0 fully saturated rings. The standard InChI is InChI=1S/C17H29FN2/c1-6-7-19-12-15-9-16(18)11-17(10-15)20(5)14(4)8-13(2)3/h9-11,13-14,19H,6-8,12H2,1-5H3. The van der Waals surface area contributed by atoms with Gasteiger partial charge in [-0.1, -0.05) is 20.8 Å². The molecule has 1 atom stereocenters. The first-order valence-corrected chi connectivity index (χ1v) is 7.67. The Balaban J connectivity index is 2.78. The van der Waals surface area contributed by atoms with Crippen LogP contribution in [0.5, 0.6) is 0 Å². The van der Waals surface area contributed by atoms with E-state index in [4.69, 9.17) is 0 Å². The largest absolute Gasteiger partial charge is 0.372 e. The normalized spacial score (nSPS) is 12.8. The second kappa shape index (κ2) is 8.25. The van der Waals surface area contributed by atoms with Gasteiger partial charge in [0.1, 0.15) is 5.82 Å². The zero-order chi connectivity index (χ0) is 15.1. The number of hydrogen-bond donors (Lipinski definition) is 1. The van der Waals surface area contributed by atoms with Gasteiger partial charge in [0.05, 0.1) is 0 Å². The molecule has 114 valence electrons. The maximum atomic E-state index is 13.8. The van der Waals surface area contributed by atoms with Crippen LogP contribution in [0.4, 0.5) is 10.1 Å². The third-order valence-corrected chi connectivity index (χ3v) is 3.58. The van der Waals surface area contributed by atoms with Gasteiger partial charge in [-0.25, -0.2) is 4.39 Å². The third-order valence-electron chi connectivity index (χ3n) is 3.58. The lowest BCUT2D eigenvalue weighted by atomic mass is 10.0. The fourth-order valence-electron chi connectivity index (χ4n) is 2.44. The smallest absolute Gasteiger partial charge is 0.125 e. The molecular formula is C17H29FN2. The predicted octanol–water partition coefficient (Wildman–Crippen LogP) is 4.20. The van der Waals surface area contributed by atoms with E-state index in [1.807, 2.05) is 7.05 Å². The summed E-state index contributed by atoms with van der Waals surface area (Å²) in [6, 6.07) is 5.74. The van der Waals surface area contributed by atoms with Crippen LogP contribution in [0.3, 0.4) is 0 Å². The first-order chi connectivity index (χ1) is 9.43. The van der Waals surface area contributed by atoms with Gasteiger partial charge < -0.3 is 10.2 Å². The maximum Gasteiger partial charge on any atom is 0.125 e. The van der Waals surface area contributed by atoms with Gasteiger partial charge in [0, 0.05) is 25.3 Å². The minimum Gasteiger partial charge on any atom is -0.372 e. The number of nitrogens with one attached hydrogen (secondary N) is 1. The van der Waals surface area contributed by atoms with Crippen molar-refractivity contribution in [1.82, 2.24) is 5.32 Å². The second-order valence-corrected chi connectivity index (χ2v) is 6.08. The van der Waals surface area contributed by atoms with Crippen LogP contribution in [0.2, 0.25) is 0 Å². The summed E-state index contributed by atoms with van der Waals surface area (Å²) in [4.78, 5) is 2.17. The van der Waals surface area contributed by atoms with E-state index in [9.17, 15) is 4.39 Å². The van der Waals surface area contributed by atoms with Crippen LogP contribution >= 0.6 is 0 Å². The van der Waals surface area contributed by atoms with Crippen molar-refractivity contribution in [2.75, 3.05) is 18.5 Å². The molecule has 1 N–H and O–H groups in total. The number of rotatable bonds is 8. The van der Waals surface area contributed by atoms with Crippen LogP contribution in [-0.4, -0.2) is 19.6 Å². The lowest BCUT2D eigenvalue weighted by molar-refractivity contribution is 0.503. The van der Waals surface area contributed by atoms with E-state index >= 15 is 0 Å². The Morgan fingerprint density at radius 3 is 2.50 bits per heavy atom. The zero-order valence-corrected chi connectivity index (χ0v) is 13.5. The van der Waals surface area contributed by atoms with Gasteiger partial charge in [0.15, 0.2) is 0 Å². The lowest BCUT2D eigenvalue weighted by Crippen LogP contribution is -2.30. The number of benzene rings is 1. The van der Waals surface area contributed by atoms with E-state index in [0.717, 1.165) is 37.2 Å². The van der Waals surface area contributed by atoms with Crippen molar-refractivity contribution in [3.8, 4) is 0 Å². The topological polar surface area (TPSA) is 15.3 Å². The van der Waals surface area contributed by atoms with E-state index in [1.54, 1.807) is 12.1 Å². The van der Waals surface area contributed by atoms with Gasteiger partial charge in [0.25, 0.3) is 0 Å². The van der Waals surface area contributed by atoms with Gasteiger partial charge in [-0.05, 0) is 56.0 Å². The minimum atomic E-state index is -0.153. The molecule has 1 aromatic carbocycles. The van der Waals surface area contributed by atoms with Crippen molar-refractivity contribution in [2.45, 2.75) is 53.1 Å². The van der Waals surface area contributed by atoms with Crippen molar-refractivity contribution in [3.63, 3.8) is 0 Å². The molecule has 0 amide bonds. The lowest BCUT2D eigenvalue weighted by Gasteiger charge is -2.29. The van der Waals surface area contributed by atoms with Gasteiger partial charge in [0.2, 0.25) is 0 Å². The first-order valence-electron chi connectivity index (χ1n) is 7.67. The molecule has 1 rings (SSSR count). The predicted molar refractivity (Wildman–Crippen MR) is 85.7 cm³/mol. The molecule has 20 heavy (non-hydrogen) atoms. The van der Waals surface area contributed by atoms with E-state index in [-0.39, 0.29) is 5.82 Å². The molecule has 0 heterocycles. The molecule has 0 bridgehead atoms. The second-order valence-electron chi connectivity index (χ2n) is 6.08. The monoisotopic (exact) mass is 280 g/mol. The van der Waals surface area contributed by atoms with Crippen molar-refractivity contribution in [2.24, 2.45) is 5.92 Å². The molecule has 0 radical (unpaired) electrons. The minimum absolute atomic E-state index is 0.153. The Labute approximate surface area is 123 Å². The van der Waals surface area contributed by atoms with Crippen molar-refractivity contribution in [1.29, 1.82) is 0 Å². The summed E-state index contributed by atoms with van der Waals surface area (Å²) < 4.78 is 13.8. The zero-order valence-electron chi connectivity index (χ0n) is 13.5. The summed E-state index contributed by atoms with van der Waals surface area (Å²) in [5.41, 5.74) is 1.98. The number of halogens is 1. The number of anilines is 1. The Morgan fingerprint density at radius 1 is 1.20 bits per heavy atom. The van der Waals surface area contributed by atoms with Gasteiger partial charge in [-0.15, -0.1) is 0 Å². The van der Waals surface area contributed by atoms with Gasteiger partial charge in [-0.3, -0.25) is 0 Å².